The Hall–Kier alpha value is -2.36. The number of nitrogens with zero attached hydrogens (tertiary/aromatic N) is 3. The highest BCUT2D eigenvalue weighted by atomic mass is 32.2. The van der Waals surface area contributed by atoms with Gasteiger partial charge >= 0.3 is 0 Å². The second kappa shape index (κ2) is 10.3. The molecule has 0 unspecified atom stereocenters. The van der Waals surface area contributed by atoms with Gasteiger partial charge in [0.15, 0.2) is 11.0 Å². The third kappa shape index (κ3) is 5.26. The number of amides is 1. The van der Waals surface area contributed by atoms with Gasteiger partial charge in [-0.05, 0) is 55.2 Å². The van der Waals surface area contributed by atoms with E-state index in [-0.39, 0.29) is 29.6 Å². The molecule has 1 amide bonds. The second-order valence-corrected chi connectivity index (χ2v) is 10.2. The van der Waals surface area contributed by atoms with E-state index in [2.05, 4.69) is 27.6 Å². The zero-order chi connectivity index (χ0) is 22.6. The first-order chi connectivity index (χ1) is 16.2. The second-order valence-electron chi connectivity index (χ2n) is 8.14. The summed E-state index contributed by atoms with van der Waals surface area (Å²) in [6.07, 6.45) is 3.02. The van der Waals surface area contributed by atoms with E-state index in [4.69, 9.17) is 4.74 Å². The van der Waals surface area contributed by atoms with E-state index in [1.165, 1.54) is 34.4 Å². The van der Waals surface area contributed by atoms with E-state index in [0.29, 0.717) is 17.5 Å². The van der Waals surface area contributed by atoms with E-state index in [0.717, 1.165) is 37.2 Å². The highest BCUT2D eigenvalue weighted by Crippen LogP contribution is 2.36. The van der Waals surface area contributed by atoms with Crippen LogP contribution in [0.5, 0.6) is 0 Å². The average molecular weight is 485 g/mol. The Labute approximate surface area is 200 Å². The largest absolute Gasteiger partial charge is 0.376 e. The summed E-state index contributed by atoms with van der Waals surface area (Å²) in [6.45, 7) is 1.36. The van der Waals surface area contributed by atoms with Crippen molar-refractivity contribution >= 4 is 29.4 Å². The lowest BCUT2D eigenvalue weighted by atomic mass is 10.0. The fourth-order valence-electron chi connectivity index (χ4n) is 4.22. The van der Waals surface area contributed by atoms with Crippen LogP contribution in [0.25, 0.3) is 11.4 Å². The van der Waals surface area contributed by atoms with Crippen LogP contribution in [0.4, 0.5) is 4.39 Å². The van der Waals surface area contributed by atoms with Gasteiger partial charge in [-0.2, -0.15) is 0 Å². The van der Waals surface area contributed by atoms with Gasteiger partial charge in [0.05, 0.1) is 24.4 Å². The van der Waals surface area contributed by atoms with Gasteiger partial charge in [-0.1, -0.05) is 30.0 Å². The molecule has 2 aliphatic rings. The maximum absolute atomic E-state index is 13.4. The Morgan fingerprint density at radius 2 is 2.03 bits per heavy atom. The van der Waals surface area contributed by atoms with Gasteiger partial charge < -0.3 is 10.1 Å². The number of fused-ring (bicyclic) bond motifs is 1. The zero-order valence-corrected chi connectivity index (χ0v) is 19.7. The molecule has 1 aromatic heterocycles. The molecule has 3 aromatic rings. The van der Waals surface area contributed by atoms with Crippen LogP contribution in [0.1, 0.15) is 30.9 Å². The van der Waals surface area contributed by atoms with Gasteiger partial charge in [0.1, 0.15) is 5.82 Å². The molecule has 0 bridgehead atoms. The monoisotopic (exact) mass is 484 g/mol. The number of hydrogen-bond acceptors (Lipinski definition) is 6. The summed E-state index contributed by atoms with van der Waals surface area (Å²) in [7, 11) is 0. The summed E-state index contributed by atoms with van der Waals surface area (Å²) in [5, 5.41) is 12.6. The van der Waals surface area contributed by atoms with E-state index in [1.807, 2.05) is 28.5 Å². The number of aromatic nitrogens is 3. The molecule has 6 nitrogen and oxygen atoms in total. The molecule has 3 heterocycles. The van der Waals surface area contributed by atoms with Crippen molar-refractivity contribution in [3.63, 3.8) is 0 Å². The van der Waals surface area contributed by atoms with Crippen molar-refractivity contribution in [2.24, 2.45) is 0 Å². The number of thioether (sulfide) groups is 2. The van der Waals surface area contributed by atoms with Gasteiger partial charge in [-0.25, -0.2) is 4.39 Å². The first-order valence-electron chi connectivity index (χ1n) is 11.1. The number of benzene rings is 2. The van der Waals surface area contributed by atoms with Crippen LogP contribution in [0.2, 0.25) is 0 Å². The molecule has 0 aliphatic carbocycles. The van der Waals surface area contributed by atoms with E-state index in [1.54, 1.807) is 12.1 Å². The third-order valence-electron chi connectivity index (χ3n) is 5.86. The molecule has 5 rings (SSSR count). The van der Waals surface area contributed by atoms with Gasteiger partial charge in [0.25, 0.3) is 0 Å². The molecule has 1 N–H and O–H groups in total. The molecule has 2 aliphatic heterocycles. The molecule has 1 fully saturated rings. The first kappa shape index (κ1) is 22.4. The van der Waals surface area contributed by atoms with Crippen molar-refractivity contribution < 1.29 is 13.9 Å². The molecule has 9 heteroatoms. The van der Waals surface area contributed by atoms with Gasteiger partial charge in [-0.15, -0.1) is 22.0 Å². The summed E-state index contributed by atoms with van der Waals surface area (Å²) in [5.41, 5.74) is 1.97. The van der Waals surface area contributed by atoms with E-state index < -0.39 is 0 Å². The summed E-state index contributed by atoms with van der Waals surface area (Å²) >= 11 is 3.20. The summed E-state index contributed by atoms with van der Waals surface area (Å²) in [5.74, 6) is 1.58. The molecule has 0 saturated carbocycles. The average Bonchev–Trinajstić information content (AvgIpc) is 3.49. The quantitative estimate of drug-likeness (QED) is 0.490. The predicted molar refractivity (Wildman–Crippen MR) is 128 cm³/mol. The third-order valence-corrected chi connectivity index (χ3v) is 7.94. The fourth-order valence-corrected chi connectivity index (χ4v) is 6.11. The zero-order valence-electron chi connectivity index (χ0n) is 18.1. The van der Waals surface area contributed by atoms with Crippen molar-refractivity contribution in [1.29, 1.82) is 0 Å². The fraction of sp³-hybridized carbons (Fsp3) is 0.375. The number of ether oxygens (including phenoxy) is 1. The van der Waals surface area contributed by atoms with Crippen LogP contribution in [-0.2, 0) is 16.1 Å². The molecule has 0 radical (unpaired) electrons. The maximum Gasteiger partial charge on any atom is 0.230 e. The molecule has 1 saturated heterocycles. The number of rotatable bonds is 7. The number of nitrogens with one attached hydrogen (secondary N) is 1. The normalized spacial score (nSPS) is 19.9. The molecule has 172 valence electrons. The van der Waals surface area contributed by atoms with Crippen LogP contribution >= 0.6 is 23.5 Å². The van der Waals surface area contributed by atoms with Crippen LogP contribution in [0.15, 0.2) is 58.6 Å². The van der Waals surface area contributed by atoms with E-state index >= 15 is 0 Å². The minimum atomic E-state index is -0.294. The number of carbonyl (C=O) groups is 1. The van der Waals surface area contributed by atoms with Crippen LogP contribution in [0.3, 0.4) is 0 Å². The first-order valence-corrected chi connectivity index (χ1v) is 13.1. The lowest BCUT2D eigenvalue weighted by Gasteiger charge is -2.25. The lowest BCUT2D eigenvalue weighted by molar-refractivity contribution is -0.119. The molecular formula is C24H25FN4O2S2. The number of carbonyl (C=O) groups excluding carboxylic acids is 1. The van der Waals surface area contributed by atoms with Crippen molar-refractivity contribution in [2.75, 3.05) is 18.1 Å². The Kier molecular flexibility index (Phi) is 6.99. The predicted octanol–water partition coefficient (Wildman–Crippen LogP) is 4.71. The van der Waals surface area contributed by atoms with Crippen LogP contribution in [0, 0.1) is 5.82 Å². The van der Waals surface area contributed by atoms with Crippen molar-refractivity contribution in [1.82, 2.24) is 20.1 Å². The van der Waals surface area contributed by atoms with Crippen LogP contribution < -0.4 is 5.32 Å². The lowest BCUT2D eigenvalue weighted by Crippen LogP contribution is -2.32. The Morgan fingerprint density at radius 3 is 2.85 bits per heavy atom. The Bertz CT molecular complexity index is 1120. The van der Waals surface area contributed by atoms with E-state index in [9.17, 15) is 9.18 Å². The molecule has 0 spiro atoms. The SMILES string of the molecule is O=C(CSc1nnc(-c2ccc(F)cc2)n1C[C@H]1CCCO1)N[C@@H]1CCSc2ccccc21. The topological polar surface area (TPSA) is 69.0 Å². The van der Waals surface area contributed by atoms with Gasteiger partial charge in [-0.3, -0.25) is 9.36 Å². The molecular weight excluding hydrogens is 459 g/mol. The molecule has 2 atom stereocenters. The number of hydrogen-bond donors (Lipinski definition) is 1. The summed E-state index contributed by atoms with van der Waals surface area (Å²) in [4.78, 5) is 14.0. The van der Waals surface area contributed by atoms with Gasteiger partial charge in [0, 0.05) is 22.8 Å². The smallest absolute Gasteiger partial charge is 0.230 e. The Balaban J connectivity index is 1.30. The van der Waals surface area contributed by atoms with Crippen molar-refractivity contribution in [3.8, 4) is 11.4 Å². The minimum Gasteiger partial charge on any atom is -0.376 e. The van der Waals surface area contributed by atoms with Crippen LogP contribution in [-0.4, -0.2) is 44.9 Å². The van der Waals surface area contributed by atoms with Crippen molar-refractivity contribution in [3.05, 3.63) is 59.9 Å². The molecule has 2 aromatic carbocycles. The highest BCUT2D eigenvalue weighted by molar-refractivity contribution is 7.99. The maximum atomic E-state index is 13.4. The Morgan fingerprint density at radius 1 is 1.18 bits per heavy atom. The van der Waals surface area contributed by atoms with Crippen molar-refractivity contribution in [2.45, 2.75) is 48.0 Å². The summed E-state index contributed by atoms with van der Waals surface area (Å²) in [6, 6.07) is 14.5. The summed E-state index contributed by atoms with van der Waals surface area (Å²) < 4.78 is 21.2. The highest BCUT2D eigenvalue weighted by Gasteiger charge is 2.24. The molecule has 33 heavy (non-hydrogen) atoms. The number of halogens is 1. The van der Waals surface area contributed by atoms with Gasteiger partial charge in [0.2, 0.25) is 5.91 Å². The minimum absolute atomic E-state index is 0.0262. The standard InChI is InChI=1S/C24H25FN4O2S2/c25-17-9-7-16(8-10-17)23-27-28-24(29(23)14-18-4-3-12-31-18)33-15-22(30)26-20-11-13-32-21-6-2-1-5-19(20)21/h1-2,5-10,18,20H,3-4,11-15H2,(H,26,30)/t18-,20-/m1/s1.